The van der Waals surface area contributed by atoms with E-state index in [1.165, 1.54) is 44.6 Å². The minimum atomic E-state index is -0.193. The van der Waals surface area contributed by atoms with Crippen LogP contribution in [0, 0.1) is 11.7 Å². The van der Waals surface area contributed by atoms with Gasteiger partial charge in [-0.3, -0.25) is 0 Å². The van der Waals surface area contributed by atoms with Crippen molar-refractivity contribution in [3.05, 3.63) is 34.6 Å². The van der Waals surface area contributed by atoms with Crippen molar-refractivity contribution in [2.45, 2.75) is 57.9 Å². The zero-order valence-corrected chi connectivity index (χ0v) is 13.1. The van der Waals surface area contributed by atoms with Crippen LogP contribution in [0.5, 0.6) is 0 Å². The monoisotopic (exact) mass is 297 g/mol. The van der Waals surface area contributed by atoms with E-state index in [2.05, 4.69) is 12.2 Å². The van der Waals surface area contributed by atoms with Crippen LogP contribution in [0.15, 0.2) is 18.2 Å². The van der Waals surface area contributed by atoms with Crippen LogP contribution < -0.4 is 5.32 Å². The van der Waals surface area contributed by atoms with Crippen LogP contribution in [-0.4, -0.2) is 6.54 Å². The molecule has 1 aliphatic carbocycles. The predicted octanol–water partition coefficient (Wildman–Crippen LogP) is 5.49. The molecule has 3 heteroatoms. The third-order valence-electron chi connectivity index (χ3n) is 4.28. The van der Waals surface area contributed by atoms with Crippen molar-refractivity contribution < 1.29 is 4.39 Å². The average molecular weight is 298 g/mol. The van der Waals surface area contributed by atoms with Crippen LogP contribution in [-0.2, 0) is 0 Å². The average Bonchev–Trinajstić information content (AvgIpc) is 2.72. The first kappa shape index (κ1) is 15.8. The number of nitrogens with one attached hydrogen (secondary N) is 1. The van der Waals surface area contributed by atoms with E-state index >= 15 is 0 Å². The molecule has 1 unspecified atom stereocenters. The summed E-state index contributed by atoms with van der Waals surface area (Å²) >= 11 is 6.32. The number of rotatable bonds is 5. The maximum absolute atomic E-state index is 13.6. The molecule has 2 rings (SSSR count). The van der Waals surface area contributed by atoms with Gasteiger partial charge in [-0.1, -0.05) is 44.2 Å². The molecule has 1 aromatic carbocycles. The summed E-state index contributed by atoms with van der Waals surface area (Å²) in [6, 6.07) is 4.93. The summed E-state index contributed by atoms with van der Waals surface area (Å²) in [6.45, 7) is 3.11. The molecule has 1 nitrogen and oxygen atoms in total. The molecule has 0 amide bonds. The van der Waals surface area contributed by atoms with Gasteiger partial charge in [0.05, 0.1) is 0 Å². The summed E-state index contributed by atoms with van der Waals surface area (Å²) in [5.74, 6) is 0.379. The van der Waals surface area contributed by atoms with Crippen molar-refractivity contribution in [2.75, 3.05) is 6.54 Å². The second kappa shape index (κ2) is 7.99. The molecule has 0 radical (unpaired) electrons. The molecule has 0 spiro atoms. The van der Waals surface area contributed by atoms with Gasteiger partial charge in [0, 0.05) is 11.1 Å². The minimum Gasteiger partial charge on any atom is -0.310 e. The zero-order chi connectivity index (χ0) is 14.4. The molecule has 1 atom stereocenters. The topological polar surface area (TPSA) is 12.0 Å². The maximum Gasteiger partial charge on any atom is 0.123 e. The number of halogens is 2. The lowest BCUT2D eigenvalue weighted by atomic mass is 9.87. The molecule has 112 valence electrons. The molecular formula is C17H25ClFN. The van der Waals surface area contributed by atoms with E-state index < -0.39 is 0 Å². The Morgan fingerprint density at radius 1 is 1.25 bits per heavy atom. The summed E-state index contributed by atoms with van der Waals surface area (Å²) in [7, 11) is 0. The summed E-state index contributed by atoms with van der Waals surface area (Å²) in [5.41, 5.74) is 0.937. The van der Waals surface area contributed by atoms with E-state index in [1.54, 1.807) is 12.1 Å². The second-order valence-electron chi connectivity index (χ2n) is 5.85. The van der Waals surface area contributed by atoms with Gasteiger partial charge in [-0.25, -0.2) is 4.39 Å². The Bertz CT molecular complexity index is 413. The van der Waals surface area contributed by atoms with Gasteiger partial charge in [0.25, 0.3) is 0 Å². The molecule has 1 aromatic rings. The molecule has 0 aromatic heterocycles. The van der Waals surface area contributed by atoms with Gasteiger partial charge in [-0.15, -0.1) is 0 Å². The first-order valence-corrected chi connectivity index (χ1v) is 8.28. The van der Waals surface area contributed by atoms with E-state index in [1.807, 2.05) is 0 Å². The fourth-order valence-electron chi connectivity index (χ4n) is 3.23. The lowest BCUT2D eigenvalue weighted by Crippen LogP contribution is -2.29. The molecule has 0 bridgehead atoms. The smallest absolute Gasteiger partial charge is 0.123 e. The van der Waals surface area contributed by atoms with Crippen molar-refractivity contribution in [3.8, 4) is 0 Å². The summed E-state index contributed by atoms with van der Waals surface area (Å²) in [4.78, 5) is 0. The Balaban J connectivity index is 2.22. The molecule has 1 saturated carbocycles. The highest BCUT2D eigenvalue weighted by Gasteiger charge is 2.25. The van der Waals surface area contributed by atoms with Gasteiger partial charge in [0.1, 0.15) is 5.82 Å². The molecule has 0 heterocycles. The number of hydrogen-bond acceptors (Lipinski definition) is 1. The maximum atomic E-state index is 13.6. The van der Waals surface area contributed by atoms with Crippen LogP contribution in [0.25, 0.3) is 0 Å². The molecular weight excluding hydrogens is 273 g/mol. The van der Waals surface area contributed by atoms with Gasteiger partial charge in [0.2, 0.25) is 0 Å². The normalized spacial score (nSPS) is 18.8. The van der Waals surface area contributed by atoms with E-state index in [9.17, 15) is 4.39 Å². The van der Waals surface area contributed by atoms with Crippen LogP contribution in [0.1, 0.15) is 63.5 Å². The first-order chi connectivity index (χ1) is 9.72. The largest absolute Gasteiger partial charge is 0.310 e. The van der Waals surface area contributed by atoms with Crippen LogP contribution >= 0.6 is 11.6 Å². The molecule has 0 saturated heterocycles. The second-order valence-corrected chi connectivity index (χ2v) is 6.26. The molecule has 1 aliphatic rings. The third-order valence-corrected chi connectivity index (χ3v) is 4.62. The zero-order valence-electron chi connectivity index (χ0n) is 12.3. The Hall–Kier alpha value is -0.600. The minimum absolute atomic E-state index is 0.191. The van der Waals surface area contributed by atoms with E-state index in [4.69, 9.17) is 11.6 Å². The van der Waals surface area contributed by atoms with Crippen molar-refractivity contribution >= 4 is 11.6 Å². The van der Waals surface area contributed by atoms with Gasteiger partial charge in [-0.05, 0) is 55.5 Å². The third kappa shape index (κ3) is 4.20. The highest BCUT2D eigenvalue weighted by Crippen LogP contribution is 2.36. The Labute approximate surface area is 126 Å². The first-order valence-electron chi connectivity index (χ1n) is 7.90. The SMILES string of the molecule is CCCNC(c1cc(F)ccc1Cl)C1CCCCCC1. The van der Waals surface area contributed by atoms with Gasteiger partial charge < -0.3 is 5.32 Å². The van der Waals surface area contributed by atoms with Crippen molar-refractivity contribution in [3.63, 3.8) is 0 Å². The lowest BCUT2D eigenvalue weighted by molar-refractivity contribution is 0.325. The number of benzene rings is 1. The van der Waals surface area contributed by atoms with Crippen LogP contribution in [0.3, 0.4) is 0 Å². The Morgan fingerprint density at radius 3 is 2.60 bits per heavy atom. The van der Waals surface area contributed by atoms with Crippen molar-refractivity contribution in [1.29, 1.82) is 0 Å². The predicted molar refractivity (Wildman–Crippen MR) is 83.6 cm³/mol. The summed E-state index contributed by atoms with van der Waals surface area (Å²) < 4.78 is 13.6. The quantitative estimate of drug-likeness (QED) is 0.709. The van der Waals surface area contributed by atoms with Gasteiger partial charge in [0.15, 0.2) is 0 Å². The molecule has 20 heavy (non-hydrogen) atoms. The fraction of sp³-hybridized carbons (Fsp3) is 0.647. The van der Waals surface area contributed by atoms with Crippen molar-refractivity contribution in [1.82, 2.24) is 5.32 Å². The lowest BCUT2D eigenvalue weighted by Gasteiger charge is -2.28. The van der Waals surface area contributed by atoms with Crippen molar-refractivity contribution in [2.24, 2.45) is 5.92 Å². The van der Waals surface area contributed by atoms with Crippen LogP contribution in [0.4, 0.5) is 4.39 Å². The highest BCUT2D eigenvalue weighted by atomic mass is 35.5. The summed E-state index contributed by atoms with van der Waals surface area (Å²) in [6.07, 6.45) is 8.73. The summed E-state index contributed by atoms with van der Waals surface area (Å²) in [5, 5.41) is 4.28. The molecule has 1 fully saturated rings. The van der Waals surface area contributed by atoms with Gasteiger partial charge >= 0.3 is 0 Å². The Kier molecular flexibility index (Phi) is 6.31. The Morgan fingerprint density at radius 2 is 1.95 bits per heavy atom. The van der Waals surface area contributed by atoms with E-state index in [-0.39, 0.29) is 11.9 Å². The van der Waals surface area contributed by atoms with Crippen LogP contribution in [0.2, 0.25) is 5.02 Å². The van der Waals surface area contributed by atoms with Gasteiger partial charge in [-0.2, -0.15) is 0 Å². The van der Waals surface area contributed by atoms with E-state index in [0.717, 1.165) is 18.5 Å². The van der Waals surface area contributed by atoms with E-state index in [0.29, 0.717) is 10.9 Å². The highest BCUT2D eigenvalue weighted by molar-refractivity contribution is 6.31. The fourth-order valence-corrected chi connectivity index (χ4v) is 3.46. The molecule has 0 aliphatic heterocycles. The number of hydrogen-bond donors (Lipinski definition) is 1. The molecule has 1 N–H and O–H groups in total. The standard InChI is InChI=1S/C17H25ClFN/c1-2-11-20-17(13-7-5-3-4-6-8-13)15-12-14(19)9-10-16(15)18/h9-10,12-13,17,20H,2-8,11H2,1H3.